The fourth-order valence-corrected chi connectivity index (χ4v) is 5.96. The summed E-state index contributed by atoms with van der Waals surface area (Å²) in [5.41, 5.74) is 4.22. The smallest absolute Gasteiger partial charge is 0.264 e. The maximum atomic E-state index is 13.5. The number of rotatable bonds is 12. The number of methoxy groups -OCH3 is 2. The number of hydrogen-bond donors (Lipinski definition) is 1. The lowest BCUT2D eigenvalue weighted by Gasteiger charge is -2.23. The van der Waals surface area contributed by atoms with E-state index >= 15 is 0 Å². The third-order valence-electron chi connectivity index (χ3n) is 5.93. The normalized spacial score (nSPS) is 11.2. The van der Waals surface area contributed by atoms with Crippen molar-refractivity contribution in [1.82, 2.24) is 5.43 Å². The summed E-state index contributed by atoms with van der Waals surface area (Å²) < 4.78 is 45.2. The van der Waals surface area contributed by atoms with Crippen LogP contribution in [0.15, 0.2) is 105 Å². The highest BCUT2D eigenvalue weighted by atomic mass is 79.9. The lowest BCUT2D eigenvalue weighted by molar-refractivity contribution is -0.119. The van der Waals surface area contributed by atoms with Crippen molar-refractivity contribution < 1.29 is 27.4 Å². The molecule has 218 valence electrons. The first kappa shape index (κ1) is 30.9. The van der Waals surface area contributed by atoms with E-state index < -0.39 is 22.5 Å². The molecule has 0 heterocycles. The van der Waals surface area contributed by atoms with E-state index in [0.29, 0.717) is 44.6 Å². The van der Waals surface area contributed by atoms with Gasteiger partial charge in [-0.2, -0.15) is 5.10 Å². The van der Waals surface area contributed by atoms with Crippen molar-refractivity contribution in [3.05, 3.63) is 112 Å². The summed E-state index contributed by atoms with van der Waals surface area (Å²) in [5.74, 6) is 0.851. The second-order valence-electron chi connectivity index (χ2n) is 8.77. The van der Waals surface area contributed by atoms with E-state index in [0.717, 1.165) is 9.87 Å². The molecule has 1 amide bonds. The number of hydrazone groups is 1. The Morgan fingerprint density at radius 2 is 1.67 bits per heavy atom. The van der Waals surface area contributed by atoms with Gasteiger partial charge < -0.3 is 14.2 Å². The van der Waals surface area contributed by atoms with Crippen LogP contribution in [0.2, 0.25) is 5.02 Å². The first-order chi connectivity index (χ1) is 20.2. The molecule has 12 heteroatoms. The maximum absolute atomic E-state index is 13.5. The number of sulfonamides is 1. The number of carbonyl (C=O) groups excluding carboxylic acids is 1. The summed E-state index contributed by atoms with van der Waals surface area (Å²) in [7, 11) is -1.03. The monoisotopic (exact) mass is 671 g/mol. The van der Waals surface area contributed by atoms with E-state index in [1.807, 2.05) is 12.1 Å². The molecule has 0 fully saturated rings. The van der Waals surface area contributed by atoms with E-state index in [4.69, 9.17) is 25.8 Å². The molecule has 4 aromatic rings. The highest BCUT2D eigenvalue weighted by Crippen LogP contribution is 2.37. The van der Waals surface area contributed by atoms with Crippen LogP contribution in [-0.2, 0) is 21.4 Å². The molecule has 0 saturated carbocycles. The molecule has 0 saturated heterocycles. The molecule has 0 aliphatic rings. The third kappa shape index (κ3) is 7.81. The van der Waals surface area contributed by atoms with Gasteiger partial charge in [0.1, 0.15) is 18.9 Å². The van der Waals surface area contributed by atoms with Crippen LogP contribution < -0.4 is 23.9 Å². The van der Waals surface area contributed by atoms with Crippen LogP contribution in [0.4, 0.5) is 5.69 Å². The summed E-state index contributed by atoms with van der Waals surface area (Å²) in [6, 6.07) is 25.0. The van der Waals surface area contributed by atoms with Crippen LogP contribution in [0.1, 0.15) is 11.1 Å². The summed E-state index contributed by atoms with van der Waals surface area (Å²) >= 11 is 9.45. The SMILES string of the molecule is COc1ccc(N(CC(=O)N/N=C\c2cc(Br)c(OCc3ccc(Cl)cc3)c(OC)c2)S(=O)(=O)c2ccccc2)cc1. The summed E-state index contributed by atoms with van der Waals surface area (Å²) in [6.07, 6.45) is 1.41. The number of benzene rings is 4. The average Bonchev–Trinajstić information content (AvgIpc) is 3.00. The van der Waals surface area contributed by atoms with Crippen LogP contribution >= 0.6 is 27.5 Å². The van der Waals surface area contributed by atoms with Gasteiger partial charge in [-0.05, 0) is 87.7 Å². The standard InChI is InChI=1S/C30H27BrClN3O6S/c1-39-25-14-12-24(13-15-25)35(42(37,38)26-6-4-3-5-7-26)19-29(36)34-33-18-22-16-27(31)30(28(17-22)40-2)41-20-21-8-10-23(32)11-9-21/h3-18H,19-20H2,1-2H3,(H,34,36)/b33-18-. The van der Waals surface area contributed by atoms with Crippen molar-refractivity contribution in [3.8, 4) is 17.2 Å². The Morgan fingerprint density at radius 3 is 2.31 bits per heavy atom. The first-order valence-electron chi connectivity index (χ1n) is 12.5. The zero-order valence-corrected chi connectivity index (χ0v) is 25.8. The van der Waals surface area contributed by atoms with Crippen LogP contribution in [0, 0.1) is 0 Å². The van der Waals surface area contributed by atoms with E-state index in [1.165, 1.54) is 32.6 Å². The molecule has 4 aromatic carbocycles. The zero-order chi connectivity index (χ0) is 30.1. The minimum atomic E-state index is -4.06. The van der Waals surface area contributed by atoms with Crippen LogP contribution in [0.3, 0.4) is 0 Å². The highest BCUT2D eigenvalue weighted by Gasteiger charge is 2.27. The molecule has 4 rings (SSSR count). The maximum Gasteiger partial charge on any atom is 0.264 e. The van der Waals surface area contributed by atoms with Gasteiger partial charge in [0.15, 0.2) is 11.5 Å². The van der Waals surface area contributed by atoms with Gasteiger partial charge in [-0.15, -0.1) is 0 Å². The van der Waals surface area contributed by atoms with Gasteiger partial charge in [0.05, 0.1) is 35.5 Å². The minimum absolute atomic E-state index is 0.0486. The summed E-state index contributed by atoms with van der Waals surface area (Å²) in [5, 5.41) is 4.66. The molecule has 0 unspecified atom stereocenters. The molecule has 0 aromatic heterocycles. The van der Waals surface area contributed by atoms with Gasteiger partial charge >= 0.3 is 0 Å². The second-order valence-corrected chi connectivity index (χ2v) is 11.9. The van der Waals surface area contributed by atoms with Crippen molar-refractivity contribution in [2.45, 2.75) is 11.5 Å². The number of halogens is 2. The van der Waals surface area contributed by atoms with Crippen LogP contribution in [0.5, 0.6) is 17.2 Å². The van der Waals surface area contributed by atoms with Crippen molar-refractivity contribution in [2.75, 3.05) is 25.1 Å². The minimum Gasteiger partial charge on any atom is -0.497 e. The fourth-order valence-electron chi connectivity index (χ4n) is 3.82. The molecule has 9 nitrogen and oxygen atoms in total. The number of nitrogens with one attached hydrogen (secondary N) is 1. The molecular weight excluding hydrogens is 646 g/mol. The van der Waals surface area contributed by atoms with Gasteiger partial charge in [-0.1, -0.05) is 41.9 Å². The lowest BCUT2D eigenvalue weighted by Crippen LogP contribution is -2.39. The van der Waals surface area contributed by atoms with Crippen molar-refractivity contribution in [2.24, 2.45) is 5.10 Å². The van der Waals surface area contributed by atoms with Crippen molar-refractivity contribution in [1.29, 1.82) is 0 Å². The van der Waals surface area contributed by atoms with Gasteiger partial charge in [-0.25, -0.2) is 13.8 Å². The number of ether oxygens (including phenoxy) is 3. The quantitative estimate of drug-likeness (QED) is 0.145. The highest BCUT2D eigenvalue weighted by molar-refractivity contribution is 9.10. The molecule has 0 aliphatic carbocycles. The molecule has 0 radical (unpaired) electrons. The van der Waals surface area contributed by atoms with Gasteiger partial charge in [0.2, 0.25) is 0 Å². The Bertz CT molecular complexity index is 1650. The van der Waals surface area contributed by atoms with Gasteiger partial charge in [0.25, 0.3) is 15.9 Å². The Balaban J connectivity index is 1.48. The van der Waals surface area contributed by atoms with Gasteiger partial charge in [0, 0.05) is 5.02 Å². The summed E-state index contributed by atoms with van der Waals surface area (Å²) in [4.78, 5) is 12.9. The number of amides is 1. The largest absolute Gasteiger partial charge is 0.497 e. The molecule has 0 atom stereocenters. The predicted molar refractivity (Wildman–Crippen MR) is 166 cm³/mol. The van der Waals surface area contributed by atoms with Crippen molar-refractivity contribution in [3.63, 3.8) is 0 Å². The van der Waals surface area contributed by atoms with E-state index in [2.05, 4.69) is 26.5 Å². The zero-order valence-electron chi connectivity index (χ0n) is 22.7. The molecular formula is C30H27BrClN3O6S. The molecule has 0 spiro atoms. The van der Waals surface area contributed by atoms with E-state index in [9.17, 15) is 13.2 Å². The topological polar surface area (TPSA) is 107 Å². The molecule has 0 aliphatic heterocycles. The predicted octanol–water partition coefficient (Wildman–Crippen LogP) is 6.04. The fraction of sp³-hybridized carbons (Fsp3) is 0.133. The molecule has 0 bridgehead atoms. The Kier molecular flexibility index (Phi) is 10.5. The Hall–Kier alpha value is -4.06. The number of nitrogens with zero attached hydrogens (tertiary/aromatic N) is 2. The van der Waals surface area contributed by atoms with E-state index in [1.54, 1.807) is 66.7 Å². The number of carbonyl (C=O) groups is 1. The first-order valence-corrected chi connectivity index (χ1v) is 15.1. The third-order valence-corrected chi connectivity index (χ3v) is 8.56. The lowest BCUT2D eigenvalue weighted by atomic mass is 10.2. The number of anilines is 1. The van der Waals surface area contributed by atoms with Crippen molar-refractivity contribution >= 4 is 55.4 Å². The van der Waals surface area contributed by atoms with Gasteiger partial charge in [-0.3, -0.25) is 9.10 Å². The van der Waals surface area contributed by atoms with Crippen LogP contribution in [0.25, 0.3) is 0 Å². The van der Waals surface area contributed by atoms with Crippen LogP contribution in [-0.4, -0.2) is 41.3 Å². The van der Waals surface area contributed by atoms with E-state index in [-0.39, 0.29) is 4.90 Å². The Labute approximate surface area is 257 Å². The molecule has 1 N–H and O–H groups in total. The Morgan fingerprint density at radius 1 is 0.976 bits per heavy atom. The average molecular weight is 673 g/mol. The summed E-state index contributed by atoms with van der Waals surface area (Å²) in [6.45, 7) is -0.211. The second kappa shape index (κ2) is 14.2. The number of hydrogen-bond acceptors (Lipinski definition) is 7. The molecule has 42 heavy (non-hydrogen) atoms.